The molecular weight excluding hydrogens is 192 g/mol. The van der Waals surface area contributed by atoms with Crippen LogP contribution in [0.3, 0.4) is 0 Å². The van der Waals surface area contributed by atoms with Crippen LogP contribution in [-0.2, 0) is 7.05 Å². The van der Waals surface area contributed by atoms with Gasteiger partial charge in [-0.05, 0) is 19.8 Å². The first-order valence-electron chi connectivity index (χ1n) is 5.19. The van der Waals surface area contributed by atoms with Gasteiger partial charge < -0.3 is 16.2 Å². The van der Waals surface area contributed by atoms with Crippen molar-refractivity contribution < 1.29 is 5.11 Å². The van der Waals surface area contributed by atoms with Crippen LogP contribution in [0.25, 0.3) is 0 Å². The van der Waals surface area contributed by atoms with E-state index in [1.807, 2.05) is 7.05 Å². The van der Waals surface area contributed by atoms with Crippen molar-refractivity contribution in [2.75, 3.05) is 17.7 Å². The van der Waals surface area contributed by atoms with Crippen molar-refractivity contribution in [3.05, 3.63) is 6.20 Å². The summed E-state index contributed by atoms with van der Waals surface area (Å²) in [5, 5.41) is 16.5. The van der Waals surface area contributed by atoms with Gasteiger partial charge in [-0.2, -0.15) is 5.10 Å². The van der Waals surface area contributed by atoms with E-state index < -0.39 is 0 Å². The number of anilines is 2. The third-order valence-corrected chi connectivity index (χ3v) is 2.72. The van der Waals surface area contributed by atoms with Crippen LogP contribution in [0.2, 0.25) is 0 Å². The summed E-state index contributed by atoms with van der Waals surface area (Å²) >= 11 is 0. The molecule has 0 aliphatic heterocycles. The number of nitrogen functional groups attached to an aromatic ring is 1. The summed E-state index contributed by atoms with van der Waals surface area (Å²) in [6.07, 6.45) is 3.35. The minimum absolute atomic E-state index is 0.156. The van der Waals surface area contributed by atoms with Crippen LogP contribution in [0.1, 0.15) is 26.7 Å². The van der Waals surface area contributed by atoms with Gasteiger partial charge in [-0.1, -0.05) is 6.92 Å². The number of aliphatic hydroxyl groups is 1. The fourth-order valence-corrected chi connectivity index (χ4v) is 1.46. The molecule has 0 aliphatic rings. The monoisotopic (exact) mass is 212 g/mol. The second-order valence-corrected chi connectivity index (χ2v) is 4.12. The smallest absolute Gasteiger partial charge is 0.171 e. The van der Waals surface area contributed by atoms with Crippen LogP contribution in [0.5, 0.6) is 0 Å². The predicted molar refractivity (Wildman–Crippen MR) is 61.6 cm³/mol. The Kier molecular flexibility index (Phi) is 3.57. The van der Waals surface area contributed by atoms with Gasteiger partial charge in [0.2, 0.25) is 0 Å². The maximum absolute atomic E-state index is 8.99. The van der Waals surface area contributed by atoms with Crippen LogP contribution in [0.15, 0.2) is 6.20 Å². The number of hydrogen-bond acceptors (Lipinski definition) is 4. The molecule has 0 amide bonds. The van der Waals surface area contributed by atoms with Crippen LogP contribution in [-0.4, -0.2) is 27.0 Å². The number of hydrogen-bond donors (Lipinski definition) is 3. The lowest BCUT2D eigenvalue weighted by Crippen LogP contribution is -2.35. The summed E-state index contributed by atoms with van der Waals surface area (Å²) in [5.74, 6) is 0.690. The van der Waals surface area contributed by atoms with E-state index in [2.05, 4.69) is 24.3 Å². The fourth-order valence-electron chi connectivity index (χ4n) is 1.46. The molecule has 1 heterocycles. The van der Waals surface area contributed by atoms with Crippen molar-refractivity contribution in [2.45, 2.75) is 32.2 Å². The average molecular weight is 212 g/mol. The molecule has 5 heteroatoms. The fraction of sp³-hybridized carbons (Fsp3) is 0.700. The highest BCUT2D eigenvalue weighted by molar-refractivity contribution is 5.60. The summed E-state index contributed by atoms with van der Waals surface area (Å²) in [4.78, 5) is 0. The number of nitrogens with one attached hydrogen (secondary N) is 1. The quantitative estimate of drug-likeness (QED) is 0.679. The molecule has 0 aliphatic carbocycles. The lowest BCUT2D eigenvalue weighted by atomic mass is 9.95. The molecule has 1 unspecified atom stereocenters. The third-order valence-electron chi connectivity index (χ3n) is 2.72. The standard InChI is InChI=1S/C10H20N4O/c1-4-10(2,5-6-15)12-9-8(11)7-14(3)13-9/h7,15H,4-6,11H2,1-3H3,(H,12,13). The average Bonchev–Trinajstić information content (AvgIpc) is 2.45. The Morgan fingerprint density at radius 3 is 2.73 bits per heavy atom. The SMILES string of the molecule is CCC(C)(CCO)Nc1nn(C)cc1N. The zero-order valence-corrected chi connectivity index (χ0v) is 9.62. The molecule has 0 bridgehead atoms. The maximum Gasteiger partial charge on any atom is 0.171 e. The van der Waals surface area contributed by atoms with Gasteiger partial charge in [-0.3, -0.25) is 4.68 Å². The summed E-state index contributed by atoms with van der Waals surface area (Å²) in [6, 6.07) is 0. The molecule has 1 aromatic rings. The number of aliphatic hydroxyl groups excluding tert-OH is 1. The van der Waals surface area contributed by atoms with Gasteiger partial charge in [-0.15, -0.1) is 0 Å². The van der Waals surface area contributed by atoms with Crippen LogP contribution in [0, 0.1) is 0 Å². The molecular formula is C10H20N4O. The number of aromatic nitrogens is 2. The first-order valence-corrected chi connectivity index (χ1v) is 5.19. The molecule has 0 spiro atoms. The summed E-state index contributed by atoms with van der Waals surface area (Å²) in [7, 11) is 1.83. The van der Waals surface area contributed by atoms with Gasteiger partial charge in [0.15, 0.2) is 5.82 Å². The predicted octanol–water partition coefficient (Wildman–Crippen LogP) is 0.965. The van der Waals surface area contributed by atoms with E-state index in [1.165, 1.54) is 0 Å². The van der Waals surface area contributed by atoms with Gasteiger partial charge >= 0.3 is 0 Å². The van der Waals surface area contributed by atoms with E-state index in [4.69, 9.17) is 10.8 Å². The number of nitrogens with two attached hydrogens (primary N) is 1. The van der Waals surface area contributed by atoms with E-state index in [9.17, 15) is 0 Å². The summed E-state index contributed by atoms with van der Waals surface area (Å²) in [6.45, 7) is 4.28. The molecule has 0 aromatic carbocycles. The Hall–Kier alpha value is -1.23. The van der Waals surface area contributed by atoms with Crippen molar-refractivity contribution in [1.29, 1.82) is 0 Å². The molecule has 5 nitrogen and oxygen atoms in total. The maximum atomic E-state index is 8.99. The van der Waals surface area contributed by atoms with Gasteiger partial charge in [0.05, 0.1) is 5.69 Å². The van der Waals surface area contributed by atoms with E-state index in [0.717, 1.165) is 6.42 Å². The van der Waals surface area contributed by atoms with Crippen LogP contribution >= 0.6 is 0 Å². The Morgan fingerprint density at radius 2 is 2.33 bits per heavy atom. The minimum Gasteiger partial charge on any atom is -0.396 e. The zero-order chi connectivity index (χ0) is 11.5. The number of aryl methyl sites for hydroxylation is 1. The molecule has 0 fully saturated rings. The van der Waals surface area contributed by atoms with Crippen molar-refractivity contribution >= 4 is 11.5 Å². The molecule has 86 valence electrons. The van der Waals surface area contributed by atoms with Crippen LogP contribution in [0.4, 0.5) is 11.5 Å². The van der Waals surface area contributed by atoms with Crippen molar-refractivity contribution in [1.82, 2.24) is 9.78 Å². The number of rotatable bonds is 5. The number of nitrogens with zero attached hydrogens (tertiary/aromatic N) is 2. The normalized spacial score (nSPS) is 14.9. The highest BCUT2D eigenvalue weighted by atomic mass is 16.3. The van der Waals surface area contributed by atoms with Crippen LogP contribution < -0.4 is 11.1 Å². The first-order chi connectivity index (χ1) is 7.00. The molecule has 1 atom stereocenters. The molecule has 1 rings (SSSR count). The van der Waals surface area contributed by atoms with Gasteiger partial charge in [0, 0.05) is 25.4 Å². The van der Waals surface area contributed by atoms with E-state index in [-0.39, 0.29) is 12.1 Å². The van der Waals surface area contributed by atoms with Crippen molar-refractivity contribution in [3.8, 4) is 0 Å². The molecule has 1 aromatic heterocycles. The second-order valence-electron chi connectivity index (χ2n) is 4.12. The van der Waals surface area contributed by atoms with E-state index >= 15 is 0 Å². The van der Waals surface area contributed by atoms with Gasteiger partial charge in [-0.25, -0.2) is 0 Å². The highest BCUT2D eigenvalue weighted by Gasteiger charge is 2.23. The minimum atomic E-state index is -0.156. The Morgan fingerprint density at radius 1 is 1.67 bits per heavy atom. The van der Waals surface area contributed by atoms with Gasteiger partial charge in [0.25, 0.3) is 0 Å². The Labute approximate surface area is 90.3 Å². The van der Waals surface area contributed by atoms with Crippen molar-refractivity contribution in [2.24, 2.45) is 7.05 Å². The second kappa shape index (κ2) is 4.53. The highest BCUT2D eigenvalue weighted by Crippen LogP contribution is 2.24. The van der Waals surface area contributed by atoms with E-state index in [0.29, 0.717) is 17.9 Å². The van der Waals surface area contributed by atoms with Crippen molar-refractivity contribution in [3.63, 3.8) is 0 Å². The van der Waals surface area contributed by atoms with E-state index in [1.54, 1.807) is 10.9 Å². The molecule has 4 N–H and O–H groups in total. The Bertz CT molecular complexity index is 323. The molecule has 0 radical (unpaired) electrons. The van der Waals surface area contributed by atoms with Gasteiger partial charge in [0.1, 0.15) is 0 Å². The summed E-state index contributed by atoms with van der Waals surface area (Å²) in [5.41, 5.74) is 6.27. The lowest BCUT2D eigenvalue weighted by Gasteiger charge is -2.29. The largest absolute Gasteiger partial charge is 0.396 e. The first kappa shape index (κ1) is 11.8. The lowest BCUT2D eigenvalue weighted by molar-refractivity contribution is 0.252. The Balaban J connectivity index is 2.78. The zero-order valence-electron chi connectivity index (χ0n) is 9.62. The third kappa shape index (κ3) is 2.86. The topological polar surface area (TPSA) is 76.1 Å². The molecule has 15 heavy (non-hydrogen) atoms. The molecule has 0 saturated carbocycles. The summed E-state index contributed by atoms with van der Waals surface area (Å²) < 4.78 is 1.67. The molecule has 0 saturated heterocycles.